The number of nitrogens with two attached hydrogens (primary N) is 1. The predicted octanol–water partition coefficient (Wildman–Crippen LogP) is 2.11. The second kappa shape index (κ2) is 4.62. The Labute approximate surface area is 102 Å². The van der Waals surface area contributed by atoms with Gasteiger partial charge in [-0.25, -0.2) is 0 Å². The molecule has 1 atom stereocenters. The van der Waals surface area contributed by atoms with Crippen molar-refractivity contribution in [2.24, 2.45) is 5.92 Å². The lowest BCUT2D eigenvalue weighted by molar-refractivity contribution is -0.128. The van der Waals surface area contributed by atoms with Crippen LogP contribution in [-0.4, -0.2) is 17.4 Å². The van der Waals surface area contributed by atoms with Crippen LogP contribution >= 0.6 is 0 Å². The van der Waals surface area contributed by atoms with E-state index in [9.17, 15) is 4.79 Å². The molecule has 1 saturated heterocycles. The monoisotopic (exact) mass is 230 g/mol. The molecule has 1 fully saturated rings. The molecule has 2 rings (SSSR count). The second-order valence-electron chi connectivity index (χ2n) is 4.67. The van der Waals surface area contributed by atoms with Crippen molar-refractivity contribution in [1.29, 1.82) is 0 Å². The van der Waals surface area contributed by atoms with Crippen molar-refractivity contribution in [3.05, 3.63) is 42.0 Å². The van der Waals surface area contributed by atoms with Crippen LogP contribution in [0.1, 0.15) is 17.5 Å². The Kier molecular flexibility index (Phi) is 3.18. The number of carbonyl (C=O) groups excluding carboxylic acids is 1. The van der Waals surface area contributed by atoms with Crippen molar-refractivity contribution in [2.45, 2.75) is 19.9 Å². The van der Waals surface area contributed by atoms with E-state index in [1.807, 2.05) is 36.1 Å². The minimum absolute atomic E-state index is 0.212. The molecule has 1 amide bonds. The Morgan fingerprint density at radius 3 is 2.94 bits per heavy atom. The number of hydrogen-bond donors (Lipinski definition) is 1. The molecule has 0 aromatic heterocycles. The maximum atomic E-state index is 11.8. The van der Waals surface area contributed by atoms with E-state index >= 15 is 0 Å². The molecular formula is C14H18N2O. The first-order valence-electron chi connectivity index (χ1n) is 5.85. The minimum atomic E-state index is 0.212. The van der Waals surface area contributed by atoms with Crippen molar-refractivity contribution in [3.63, 3.8) is 0 Å². The van der Waals surface area contributed by atoms with Gasteiger partial charge < -0.3 is 10.6 Å². The van der Waals surface area contributed by atoms with E-state index in [1.54, 1.807) is 0 Å². The van der Waals surface area contributed by atoms with Crippen molar-refractivity contribution in [3.8, 4) is 0 Å². The topological polar surface area (TPSA) is 46.3 Å². The number of aryl methyl sites for hydroxylation is 1. The first-order valence-corrected chi connectivity index (χ1v) is 5.85. The molecule has 0 spiro atoms. The molecule has 1 heterocycles. The molecule has 17 heavy (non-hydrogen) atoms. The Bertz CT molecular complexity index is 454. The van der Waals surface area contributed by atoms with Crippen LogP contribution in [0.25, 0.3) is 0 Å². The van der Waals surface area contributed by atoms with Crippen LogP contribution in [0.3, 0.4) is 0 Å². The molecule has 1 aromatic carbocycles. The largest absolute Gasteiger partial charge is 0.399 e. The van der Waals surface area contributed by atoms with Gasteiger partial charge in [-0.05, 0) is 24.1 Å². The van der Waals surface area contributed by atoms with E-state index in [0.717, 1.165) is 23.4 Å². The zero-order chi connectivity index (χ0) is 12.4. The molecule has 1 aliphatic rings. The number of likely N-dealkylation sites (tertiary alicyclic amines) is 1. The second-order valence-corrected chi connectivity index (χ2v) is 4.67. The summed E-state index contributed by atoms with van der Waals surface area (Å²) >= 11 is 0. The SMILES string of the molecule is C=CC1CC(=O)N(Cc2ccc(N)c(C)c2)C1. The highest BCUT2D eigenvalue weighted by molar-refractivity contribution is 5.79. The highest BCUT2D eigenvalue weighted by Crippen LogP contribution is 2.22. The molecule has 3 heteroatoms. The van der Waals surface area contributed by atoms with Crippen LogP contribution in [0.5, 0.6) is 0 Å². The van der Waals surface area contributed by atoms with Gasteiger partial charge in [0, 0.05) is 31.1 Å². The summed E-state index contributed by atoms with van der Waals surface area (Å²) in [6.45, 7) is 7.19. The van der Waals surface area contributed by atoms with Gasteiger partial charge in [0.2, 0.25) is 5.91 Å². The standard InChI is InChI=1S/C14H18N2O/c1-3-11-7-14(17)16(8-11)9-12-4-5-13(15)10(2)6-12/h3-6,11H,1,7-9,15H2,2H3. The van der Waals surface area contributed by atoms with Crippen molar-refractivity contribution < 1.29 is 4.79 Å². The fraction of sp³-hybridized carbons (Fsp3) is 0.357. The van der Waals surface area contributed by atoms with Crippen LogP contribution in [0, 0.1) is 12.8 Å². The van der Waals surface area contributed by atoms with Crippen molar-refractivity contribution in [1.82, 2.24) is 4.90 Å². The normalized spacial score (nSPS) is 19.7. The number of nitrogens with zero attached hydrogens (tertiary/aromatic N) is 1. The van der Waals surface area contributed by atoms with Crippen LogP contribution in [-0.2, 0) is 11.3 Å². The van der Waals surface area contributed by atoms with Crippen LogP contribution in [0.4, 0.5) is 5.69 Å². The summed E-state index contributed by atoms with van der Waals surface area (Å²) in [4.78, 5) is 13.6. The fourth-order valence-electron chi connectivity index (χ4n) is 2.17. The van der Waals surface area contributed by atoms with Crippen molar-refractivity contribution >= 4 is 11.6 Å². The smallest absolute Gasteiger partial charge is 0.223 e. The van der Waals surface area contributed by atoms with E-state index < -0.39 is 0 Å². The predicted molar refractivity (Wildman–Crippen MR) is 69.3 cm³/mol. The summed E-state index contributed by atoms with van der Waals surface area (Å²) in [5.74, 6) is 0.516. The van der Waals surface area contributed by atoms with E-state index in [2.05, 4.69) is 6.58 Å². The summed E-state index contributed by atoms with van der Waals surface area (Å²) in [6.07, 6.45) is 2.46. The molecule has 1 aliphatic heterocycles. The Balaban J connectivity index is 2.08. The maximum absolute atomic E-state index is 11.8. The van der Waals surface area contributed by atoms with E-state index in [0.29, 0.717) is 18.9 Å². The highest BCUT2D eigenvalue weighted by atomic mass is 16.2. The van der Waals surface area contributed by atoms with Crippen LogP contribution < -0.4 is 5.73 Å². The molecule has 0 saturated carbocycles. The van der Waals surface area contributed by atoms with Gasteiger partial charge in [0.1, 0.15) is 0 Å². The maximum Gasteiger partial charge on any atom is 0.223 e. The van der Waals surface area contributed by atoms with Gasteiger partial charge in [-0.3, -0.25) is 4.79 Å². The first-order chi connectivity index (χ1) is 8.10. The van der Waals surface area contributed by atoms with Gasteiger partial charge in [-0.15, -0.1) is 6.58 Å². The number of anilines is 1. The molecule has 1 unspecified atom stereocenters. The summed E-state index contributed by atoms with van der Waals surface area (Å²) in [5, 5.41) is 0. The molecule has 1 aromatic rings. The Hall–Kier alpha value is -1.77. The number of hydrogen-bond acceptors (Lipinski definition) is 2. The highest BCUT2D eigenvalue weighted by Gasteiger charge is 2.27. The third-order valence-electron chi connectivity index (χ3n) is 3.29. The molecule has 0 radical (unpaired) electrons. The summed E-state index contributed by atoms with van der Waals surface area (Å²) in [5.41, 5.74) is 8.77. The van der Waals surface area contributed by atoms with Crippen LogP contribution in [0.2, 0.25) is 0 Å². The van der Waals surface area contributed by atoms with Gasteiger partial charge in [0.25, 0.3) is 0 Å². The number of carbonyl (C=O) groups is 1. The minimum Gasteiger partial charge on any atom is -0.399 e. The summed E-state index contributed by atoms with van der Waals surface area (Å²) in [7, 11) is 0. The van der Waals surface area contributed by atoms with Gasteiger partial charge in [-0.2, -0.15) is 0 Å². The molecule has 3 nitrogen and oxygen atoms in total. The first kappa shape index (κ1) is 11.7. The van der Waals surface area contributed by atoms with E-state index in [1.165, 1.54) is 0 Å². The average molecular weight is 230 g/mol. The quantitative estimate of drug-likeness (QED) is 0.638. The summed E-state index contributed by atoms with van der Waals surface area (Å²) in [6, 6.07) is 5.93. The third-order valence-corrected chi connectivity index (χ3v) is 3.29. The fourth-order valence-corrected chi connectivity index (χ4v) is 2.17. The molecule has 90 valence electrons. The summed E-state index contributed by atoms with van der Waals surface area (Å²) < 4.78 is 0. The van der Waals surface area contributed by atoms with Crippen molar-refractivity contribution in [2.75, 3.05) is 12.3 Å². The zero-order valence-corrected chi connectivity index (χ0v) is 10.1. The molecule has 2 N–H and O–H groups in total. The van der Waals surface area contributed by atoms with Gasteiger partial charge in [0.05, 0.1) is 0 Å². The molecular weight excluding hydrogens is 212 g/mol. The lowest BCUT2D eigenvalue weighted by atomic mass is 10.1. The number of amides is 1. The Morgan fingerprint density at radius 1 is 1.59 bits per heavy atom. The number of rotatable bonds is 3. The van der Waals surface area contributed by atoms with E-state index in [-0.39, 0.29) is 5.91 Å². The average Bonchev–Trinajstić information content (AvgIpc) is 2.65. The lowest BCUT2D eigenvalue weighted by Gasteiger charge is -2.16. The third kappa shape index (κ3) is 2.49. The van der Waals surface area contributed by atoms with Crippen LogP contribution in [0.15, 0.2) is 30.9 Å². The van der Waals surface area contributed by atoms with Gasteiger partial charge >= 0.3 is 0 Å². The zero-order valence-electron chi connectivity index (χ0n) is 10.1. The Morgan fingerprint density at radius 2 is 2.35 bits per heavy atom. The van der Waals surface area contributed by atoms with Gasteiger partial charge in [0.15, 0.2) is 0 Å². The number of nitrogen functional groups attached to an aromatic ring is 1. The number of benzene rings is 1. The lowest BCUT2D eigenvalue weighted by Crippen LogP contribution is -2.24. The molecule has 0 aliphatic carbocycles. The molecule has 0 bridgehead atoms. The van der Waals surface area contributed by atoms with E-state index in [4.69, 9.17) is 5.73 Å². The van der Waals surface area contributed by atoms with Gasteiger partial charge in [-0.1, -0.05) is 18.2 Å².